The molecule has 138 valence electrons. The van der Waals surface area contributed by atoms with Crippen molar-refractivity contribution < 1.29 is 24.4 Å². The SMILES string of the molecule is COCC(COC)c1nc(NCCO)nc(N(CCO)COC)n1. The molecule has 24 heavy (non-hydrogen) atoms. The molecule has 0 fully saturated rings. The van der Waals surface area contributed by atoms with Gasteiger partial charge in [0.2, 0.25) is 11.9 Å². The van der Waals surface area contributed by atoms with Gasteiger partial charge in [0.15, 0.2) is 0 Å². The van der Waals surface area contributed by atoms with Crippen LogP contribution in [0.15, 0.2) is 0 Å². The fourth-order valence-corrected chi connectivity index (χ4v) is 2.05. The fraction of sp³-hybridized carbons (Fsp3) is 0.786. The zero-order chi connectivity index (χ0) is 17.8. The number of nitrogens with zero attached hydrogens (tertiary/aromatic N) is 4. The van der Waals surface area contributed by atoms with E-state index >= 15 is 0 Å². The Hall–Kier alpha value is -1.59. The van der Waals surface area contributed by atoms with Gasteiger partial charge in [-0.05, 0) is 0 Å². The lowest BCUT2D eigenvalue weighted by molar-refractivity contribution is 0.114. The summed E-state index contributed by atoms with van der Waals surface area (Å²) in [6, 6.07) is 0. The van der Waals surface area contributed by atoms with Gasteiger partial charge in [-0.15, -0.1) is 0 Å². The summed E-state index contributed by atoms with van der Waals surface area (Å²) >= 11 is 0. The van der Waals surface area contributed by atoms with Crippen molar-refractivity contribution in [1.29, 1.82) is 0 Å². The Morgan fingerprint density at radius 1 is 1.00 bits per heavy atom. The molecule has 1 rings (SSSR count). The van der Waals surface area contributed by atoms with Crippen LogP contribution in [-0.4, -0.2) is 92.7 Å². The highest BCUT2D eigenvalue weighted by molar-refractivity contribution is 5.37. The Kier molecular flexibility index (Phi) is 10.1. The van der Waals surface area contributed by atoms with Crippen LogP contribution in [0.25, 0.3) is 0 Å². The van der Waals surface area contributed by atoms with E-state index in [-0.39, 0.29) is 25.9 Å². The molecule has 0 aromatic carbocycles. The Balaban J connectivity index is 3.17. The minimum absolute atomic E-state index is 0.0473. The fourth-order valence-electron chi connectivity index (χ4n) is 2.05. The van der Waals surface area contributed by atoms with Crippen LogP contribution in [0.1, 0.15) is 11.7 Å². The Bertz CT molecular complexity index is 419. The van der Waals surface area contributed by atoms with Crippen molar-refractivity contribution in [3.05, 3.63) is 5.82 Å². The highest BCUT2D eigenvalue weighted by atomic mass is 16.5. The van der Waals surface area contributed by atoms with Crippen molar-refractivity contribution in [2.45, 2.75) is 5.92 Å². The van der Waals surface area contributed by atoms with E-state index in [0.717, 1.165) is 0 Å². The smallest absolute Gasteiger partial charge is 0.232 e. The van der Waals surface area contributed by atoms with Crippen LogP contribution in [-0.2, 0) is 14.2 Å². The molecule has 0 aliphatic heterocycles. The number of aliphatic hydroxyl groups is 2. The molecular formula is C14H27N5O5. The Morgan fingerprint density at radius 2 is 1.71 bits per heavy atom. The van der Waals surface area contributed by atoms with E-state index in [4.69, 9.17) is 19.3 Å². The molecule has 3 N–H and O–H groups in total. The molecule has 10 heteroatoms. The normalized spacial score (nSPS) is 11.1. The average Bonchev–Trinajstić information content (AvgIpc) is 2.59. The first-order valence-corrected chi connectivity index (χ1v) is 7.63. The second-order valence-electron chi connectivity index (χ2n) is 4.98. The van der Waals surface area contributed by atoms with Gasteiger partial charge in [-0.2, -0.15) is 15.0 Å². The standard InChI is InChI=1S/C14H27N5O5/c1-22-8-11(9-23-2)12-16-13(15-4-6-20)18-14(17-12)19(5-7-21)10-24-3/h11,20-21H,4-10H2,1-3H3,(H,15,16,17,18). The van der Waals surface area contributed by atoms with Crippen LogP contribution in [0.3, 0.4) is 0 Å². The van der Waals surface area contributed by atoms with Crippen molar-refractivity contribution in [3.8, 4) is 0 Å². The zero-order valence-electron chi connectivity index (χ0n) is 14.4. The largest absolute Gasteiger partial charge is 0.395 e. The Labute approximate surface area is 141 Å². The molecule has 10 nitrogen and oxygen atoms in total. The van der Waals surface area contributed by atoms with E-state index in [0.29, 0.717) is 44.0 Å². The molecule has 0 saturated carbocycles. The minimum Gasteiger partial charge on any atom is -0.395 e. The van der Waals surface area contributed by atoms with Crippen LogP contribution in [0.5, 0.6) is 0 Å². The maximum Gasteiger partial charge on any atom is 0.232 e. The molecule has 0 bridgehead atoms. The van der Waals surface area contributed by atoms with Crippen molar-refractivity contribution in [1.82, 2.24) is 15.0 Å². The summed E-state index contributed by atoms with van der Waals surface area (Å²) in [4.78, 5) is 14.8. The number of hydrogen-bond acceptors (Lipinski definition) is 10. The van der Waals surface area contributed by atoms with Crippen molar-refractivity contribution in [2.24, 2.45) is 0 Å². The topological polar surface area (TPSA) is 122 Å². The lowest BCUT2D eigenvalue weighted by Crippen LogP contribution is -2.32. The average molecular weight is 345 g/mol. The van der Waals surface area contributed by atoms with E-state index in [1.165, 1.54) is 0 Å². The van der Waals surface area contributed by atoms with Gasteiger partial charge in [-0.1, -0.05) is 0 Å². The van der Waals surface area contributed by atoms with Crippen LogP contribution in [0.4, 0.5) is 11.9 Å². The van der Waals surface area contributed by atoms with Gasteiger partial charge in [-0.25, -0.2) is 0 Å². The second-order valence-corrected chi connectivity index (χ2v) is 4.98. The minimum atomic E-state index is -0.171. The van der Waals surface area contributed by atoms with Crippen LogP contribution < -0.4 is 10.2 Å². The van der Waals surface area contributed by atoms with Gasteiger partial charge in [0.25, 0.3) is 0 Å². The zero-order valence-corrected chi connectivity index (χ0v) is 14.4. The first-order chi connectivity index (χ1) is 11.7. The quantitative estimate of drug-likeness (QED) is 0.386. The third kappa shape index (κ3) is 6.49. The van der Waals surface area contributed by atoms with Crippen molar-refractivity contribution in [3.63, 3.8) is 0 Å². The molecule has 1 heterocycles. The molecule has 1 aromatic rings. The van der Waals surface area contributed by atoms with Gasteiger partial charge in [-0.3, -0.25) is 0 Å². The molecule has 0 aliphatic rings. The number of methoxy groups -OCH3 is 3. The first kappa shape index (κ1) is 20.5. The predicted molar refractivity (Wildman–Crippen MR) is 88.2 cm³/mol. The molecule has 0 saturated heterocycles. The number of aromatic nitrogens is 3. The maximum absolute atomic E-state index is 9.23. The lowest BCUT2D eigenvalue weighted by Gasteiger charge is -2.23. The van der Waals surface area contributed by atoms with Crippen LogP contribution >= 0.6 is 0 Å². The summed E-state index contributed by atoms with van der Waals surface area (Å²) in [5.41, 5.74) is 0. The van der Waals surface area contributed by atoms with Gasteiger partial charge >= 0.3 is 0 Å². The van der Waals surface area contributed by atoms with E-state index in [9.17, 15) is 5.11 Å². The summed E-state index contributed by atoms with van der Waals surface area (Å²) < 4.78 is 15.5. The predicted octanol–water partition coefficient (Wildman–Crippen LogP) is -0.945. The number of anilines is 2. The third-order valence-corrected chi connectivity index (χ3v) is 3.07. The molecule has 0 aliphatic carbocycles. The Morgan fingerprint density at radius 3 is 2.25 bits per heavy atom. The summed E-state index contributed by atoms with van der Waals surface area (Å²) in [6.07, 6.45) is 0. The first-order valence-electron chi connectivity index (χ1n) is 7.63. The van der Waals surface area contributed by atoms with Crippen LogP contribution in [0.2, 0.25) is 0 Å². The molecule has 0 spiro atoms. The van der Waals surface area contributed by atoms with Crippen molar-refractivity contribution in [2.75, 3.05) is 77.8 Å². The van der Waals surface area contributed by atoms with Gasteiger partial charge in [0, 0.05) is 34.4 Å². The number of aliphatic hydroxyl groups excluding tert-OH is 2. The third-order valence-electron chi connectivity index (χ3n) is 3.07. The molecule has 0 unspecified atom stereocenters. The van der Waals surface area contributed by atoms with Gasteiger partial charge < -0.3 is 34.6 Å². The number of rotatable bonds is 13. The molecule has 0 radical (unpaired) electrons. The van der Waals surface area contributed by atoms with Gasteiger partial charge in [0.05, 0.1) is 32.3 Å². The van der Waals surface area contributed by atoms with E-state index in [2.05, 4.69) is 20.3 Å². The molecule has 1 aromatic heterocycles. The molecular weight excluding hydrogens is 318 g/mol. The lowest BCUT2D eigenvalue weighted by atomic mass is 10.1. The second kappa shape index (κ2) is 11.9. The summed E-state index contributed by atoms with van der Waals surface area (Å²) in [5.74, 6) is 1.03. The number of ether oxygens (including phenoxy) is 3. The number of nitrogens with one attached hydrogen (secondary N) is 1. The molecule has 0 amide bonds. The monoisotopic (exact) mass is 345 g/mol. The summed E-state index contributed by atoms with van der Waals surface area (Å²) in [5, 5.41) is 21.1. The maximum atomic E-state index is 9.23. The van der Waals surface area contributed by atoms with Crippen molar-refractivity contribution >= 4 is 11.9 Å². The highest BCUT2D eigenvalue weighted by Crippen LogP contribution is 2.18. The van der Waals surface area contributed by atoms with Crippen LogP contribution in [0, 0.1) is 0 Å². The highest BCUT2D eigenvalue weighted by Gasteiger charge is 2.20. The molecule has 0 atom stereocenters. The van der Waals surface area contributed by atoms with E-state index in [1.54, 1.807) is 26.2 Å². The number of hydrogen-bond donors (Lipinski definition) is 3. The summed E-state index contributed by atoms with van der Waals surface area (Å²) in [7, 11) is 4.74. The van der Waals surface area contributed by atoms with E-state index < -0.39 is 0 Å². The summed E-state index contributed by atoms with van der Waals surface area (Å²) in [6.45, 7) is 1.52. The van der Waals surface area contributed by atoms with Gasteiger partial charge in [0.1, 0.15) is 12.6 Å². The van der Waals surface area contributed by atoms with E-state index in [1.807, 2.05) is 0 Å².